The Morgan fingerprint density at radius 3 is 2.93 bits per heavy atom. The third-order valence-electron chi connectivity index (χ3n) is 5.97. The van der Waals surface area contributed by atoms with Crippen LogP contribution in [-0.4, -0.2) is 53.4 Å². The van der Waals surface area contributed by atoms with Crippen LogP contribution in [0, 0.1) is 0 Å². The number of nitrogens with one attached hydrogen (secondary N) is 1. The average molecular weight is 371 g/mol. The summed E-state index contributed by atoms with van der Waals surface area (Å²) in [6.07, 6.45) is 4.32. The maximum absolute atomic E-state index is 13.2. The molecular weight excluding hydrogens is 346 g/mol. The van der Waals surface area contributed by atoms with E-state index >= 15 is 0 Å². The Morgan fingerprint density at radius 2 is 2.11 bits per heavy atom. The van der Waals surface area contributed by atoms with Gasteiger partial charge in [0.1, 0.15) is 12.3 Å². The SMILES string of the molecule is CC[C@@H]1CCCCN1C(=O)CN1C(=O)N[C@@]2(CCOc3ccccc32)C1=O. The maximum atomic E-state index is 13.2. The molecule has 1 N–H and O–H groups in total. The van der Waals surface area contributed by atoms with Crippen LogP contribution in [0.15, 0.2) is 24.3 Å². The molecule has 0 radical (unpaired) electrons. The molecule has 2 atom stereocenters. The minimum atomic E-state index is -1.13. The molecule has 0 aliphatic carbocycles. The van der Waals surface area contributed by atoms with Gasteiger partial charge in [-0.2, -0.15) is 0 Å². The number of rotatable bonds is 3. The first-order valence-corrected chi connectivity index (χ1v) is 9.72. The Kier molecular flexibility index (Phi) is 4.53. The highest BCUT2D eigenvalue weighted by molar-refractivity contribution is 6.09. The van der Waals surface area contributed by atoms with E-state index in [4.69, 9.17) is 4.74 Å². The molecule has 0 bridgehead atoms. The molecule has 0 unspecified atom stereocenters. The van der Waals surface area contributed by atoms with Gasteiger partial charge in [-0.3, -0.25) is 14.5 Å². The van der Waals surface area contributed by atoms with Crippen molar-refractivity contribution >= 4 is 17.8 Å². The van der Waals surface area contributed by atoms with Crippen molar-refractivity contribution in [3.8, 4) is 5.75 Å². The summed E-state index contributed by atoms with van der Waals surface area (Å²) in [5.41, 5.74) is -0.466. The summed E-state index contributed by atoms with van der Waals surface area (Å²) in [5.74, 6) is 0.0942. The van der Waals surface area contributed by atoms with Gasteiger partial charge in [0, 0.05) is 24.6 Å². The Hall–Kier alpha value is -2.57. The van der Waals surface area contributed by atoms with E-state index in [1.165, 1.54) is 0 Å². The predicted octanol–water partition coefficient (Wildman–Crippen LogP) is 2.01. The van der Waals surface area contributed by atoms with Gasteiger partial charge in [-0.15, -0.1) is 0 Å². The van der Waals surface area contributed by atoms with Gasteiger partial charge in [-0.1, -0.05) is 25.1 Å². The van der Waals surface area contributed by atoms with Gasteiger partial charge < -0.3 is 15.0 Å². The van der Waals surface area contributed by atoms with Gasteiger partial charge in [0.2, 0.25) is 5.91 Å². The van der Waals surface area contributed by atoms with Crippen molar-refractivity contribution in [3.05, 3.63) is 29.8 Å². The molecule has 2 saturated heterocycles. The second-order valence-electron chi connectivity index (χ2n) is 7.47. The third-order valence-corrected chi connectivity index (χ3v) is 5.97. The lowest BCUT2D eigenvalue weighted by atomic mass is 9.84. The van der Waals surface area contributed by atoms with E-state index in [9.17, 15) is 14.4 Å². The number of imide groups is 1. The van der Waals surface area contributed by atoms with E-state index in [0.29, 0.717) is 30.9 Å². The molecule has 0 saturated carbocycles. The number of benzene rings is 1. The minimum absolute atomic E-state index is 0.151. The first-order chi connectivity index (χ1) is 13.1. The molecule has 2 fully saturated rings. The van der Waals surface area contributed by atoms with E-state index in [0.717, 1.165) is 30.6 Å². The first kappa shape index (κ1) is 17.8. The first-order valence-electron chi connectivity index (χ1n) is 9.72. The number of ether oxygens (including phenoxy) is 1. The number of urea groups is 1. The monoisotopic (exact) mass is 371 g/mol. The summed E-state index contributed by atoms with van der Waals surface area (Å²) in [6.45, 7) is 2.90. The van der Waals surface area contributed by atoms with Gasteiger partial charge in [0.25, 0.3) is 5.91 Å². The molecule has 27 heavy (non-hydrogen) atoms. The summed E-state index contributed by atoms with van der Waals surface area (Å²) in [6, 6.07) is 6.95. The summed E-state index contributed by atoms with van der Waals surface area (Å²) in [7, 11) is 0. The molecule has 1 spiro atoms. The average Bonchev–Trinajstić information content (AvgIpc) is 2.93. The molecule has 3 aliphatic heterocycles. The van der Waals surface area contributed by atoms with Crippen molar-refractivity contribution in [2.24, 2.45) is 0 Å². The fourth-order valence-corrected chi connectivity index (χ4v) is 4.49. The van der Waals surface area contributed by atoms with Crippen LogP contribution in [-0.2, 0) is 15.1 Å². The second kappa shape index (κ2) is 6.87. The summed E-state index contributed by atoms with van der Waals surface area (Å²) < 4.78 is 5.64. The fraction of sp³-hybridized carbons (Fsp3) is 0.550. The van der Waals surface area contributed by atoms with E-state index < -0.39 is 11.6 Å². The van der Waals surface area contributed by atoms with E-state index in [1.807, 2.05) is 17.0 Å². The van der Waals surface area contributed by atoms with Crippen LogP contribution in [0.2, 0.25) is 0 Å². The van der Waals surface area contributed by atoms with Gasteiger partial charge >= 0.3 is 6.03 Å². The van der Waals surface area contributed by atoms with Crippen molar-refractivity contribution in [2.45, 2.75) is 50.6 Å². The number of carbonyl (C=O) groups excluding carboxylic acids is 3. The number of nitrogens with zero attached hydrogens (tertiary/aromatic N) is 2. The van der Waals surface area contributed by atoms with Crippen LogP contribution in [0.1, 0.15) is 44.6 Å². The molecule has 7 nitrogen and oxygen atoms in total. The summed E-state index contributed by atoms with van der Waals surface area (Å²) in [5, 5.41) is 2.85. The minimum Gasteiger partial charge on any atom is -0.493 e. The smallest absolute Gasteiger partial charge is 0.325 e. The van der Waals surface area contributed by atoms with Crippen LogP contribution >= 0.6 is 0 Å². The molecule has 4 amide bonds. The summed E-state index contributed by atoms with van der Waals surface area (Å²) >= 11 is 0. The zero-order valence-corrected chi connectivity index (χ0v) is 15.6. The lowest BCUT2D eigenvalue weighted by Gasteiger charge is -2.36. The topological polar surface area (TPSA) is 79.0 Å². The van der Waals surface area contributed by atoms with Gasteiger partial charge in [-0.25, -0.2) is 4.79 Å². The van der Waals surface area contributed by atoms with Crippen molar-refractivity contribution in [3.63, 3.8) is 0 Å². The largest absolute Gasteiger partial charge is 0.493 e. The fourth-order valence-electron chi connectivity index (χ4n) is 4.49. The van der Waals surface area contributed by atoms with Crippen molar-refractivity contribution in [1.29, 1.82) is 0 Å². The Labute approximate surface area is 158 Å². The number of amides is 4. The van der Waals surface area contributed by atoms with Gasteiger partial charge in [-0.05, 0) is 31.7 Å². The molecule has 3 heterocycles. The highest BCUT2D eigenvalue weighted by atomic mass is 16.5. The number of carbonyl (C=O) groups is 3. The molecule has 3 aliphatic rings. The molecule has 7 heteroatoms. The quantitative estimate of drug-likeness (QED) is 0.825. The number of piperidine rings is 1. The Balaban J connectivity index is 1.57. The molecule has 1 aromatic rings. The lowest BCUT2D eigenvalue weighted by Crippen LogP contribution is -2.50. The normalized spacial score (nSPS) is 27.4. The van der Waals surface area contributed by atoms with E-state index in [1.54, 1.807) is 12.1 Å². The highest BCUT2D eigenvalue weighted by Gasteiger charge is 2.55. The standard InChI is InChI=1S/C20H25N3O4/c1-2-14-7-5-6-11-22(14)17(24)13-23-18(25)20(21-19(23)26)10-12-27-16-9-4-3-8-15(16)20/h3-4,8-9,14H,2,5-7,10-13H2,1H3,(H,21,26)/t14-,20-/m1/s1. The molecule has 144 valence electrons. The van der Waals surface area contributed by atoms with Crippen LogP contribution in [0.4, 0.5) is 4.79 Å². The van der Waals surface area contributed by atoms with Crippen molar-refractivity contribution in [2.75, 3.05) is 19.7 Å². The molecular formula is C20H25N3O4. The third kappa shape index (κ3) is 2.85. The maximum Gasteiger partial charge on any atom is 0.325 e. The highest BCUT2D eigenvalue weighted by Crippen LogP contribution is 2.41. The summed E-state index contributed by atoms with van der Waals surface area (Å²) in [4.78, 5) is 41.6. The van der Waals surface area contributed by atoms with Crippen molar-refractivity contribution in [1.82, 2.24) is 15.1 Å². The predicted molar refractivity (Wildman–Crippen MR) is 98.1 cm³/mol. The Morgan fingerprint density at radius 1 is 1.30 bits per heavy atom. The van der Waals surface area contributed by atoms with Crippen LogP contribution in [0.3, 0.4) is 0 Å². The second-order valence-corrected chi connectivity index (χ2v) is 7.47. The van der Waals surface area contributed by atoms with Gasteiger partial charge in [0.05, 0.1) is 6.61 Å². The molecule has 1 aromatic carbocycles. The number of hydrogen-bond donors (Lipinski definition) is 1. The molecule has 4 rings (SSSR count). The number of likely N-dealkylation sites (tertiary alicyclic amines) is 1. The zero-order valence-electron chi connectivity index (χ0n) is 15.6. The molecule has 0 aromatic heterocycles. The number of para-hydroxylation sites is 1. The van der Waals surface area contributed by atoms with E-state index in [-0.39, 0.29) is 24.4 Å². The zero-order chi connectivity index (χ0) is 19.0. The Bertz CT molecular complexity index is 780. The number of fused-ring (bicyclic) bond motifs is 2. The van der Waals surface area contributed by atoms with Crippen LogP contribution in [0.25, 0.3) is 0 Å². The van der Waals surface area contributed by atoms with Crippen molar-refractivity contribution < 1.29 is 19.1 Å². The van der Waals surface area contributed by atoms with Crippen LogP contribution < -0.4 is 10.1 Å². The van der Waals surface area contributed by atoms with E-state index in [2.05, 4.69) is 12.2 Å². The van der Waals surface area contributed by atoms with Gasteiger partial charge in [0.15, 0.2) is 5.54 Å². The number of hydrogen-bond acceptors (Lipinski definition) is 4. The lowest BCUT2D eigenvalue weighted by molar-refractivity contribution is -0.141. The van der Waals surface area contributed by atoms with Crippen LogP contribution in [0.5, 0.6) is 5.75 Å².